The average molecular weight is 399 g/mol. The van der Waals surface area contributed by atoms with Crippen LogP contribution in [0.1, 0.15) is 27.7 Å². The first-order chi connectivity index (χ1) is 14.7. The quantitative estimate of drug-likeness (QED) is 0.699. The third kappa shape index (κ3) is 3.42. The highest BCUT2D eigenvalue weighted by molar-refractivity contribution is 6.12. The molecule has 1 saturated heterocycles. The fourth-order valence-electron chi connectivity index (χ4n) is 4.15. The number of ether oxygens (including phenoxy) is 1. The number of aryl methyl sites for hydroxylation is 1. The number of para-hydroxylation sites is 1. The van der Waals surface area contributed by atoms with Gasteiger partial charge in [0.1, 0.15) is 6.17 Å². The van der Waals surface area contributed by atoms with Crippen molar-refractivity contribution in [1.29, 1.82) is 0 Å². The van der Waals surface area contributed by atoms with Crippen molar-refractivity contribution < 1.29 is 9.53 Å². The SMILES string of the molecule is Cc1ccc(N2C(=O)c3ccccc3N[C@H]2c2ccc(N3CCOCC3)cc2)cc1. The van der Waals surface area contributed by atoms with E-state index in [9.17, 15) is 4.79 Å². The summed E-state index contributed by atoms with van der Waals surface area (Å²) in [5, 5.41) is 3.58. The number of carbonyl (C=O) groups excluding carboxylic acids is 1. The molecule has 0 saturated carbocycles. The van der Waals surface area contributed by atoms with E-state index < -0.39 is 0 Å². The van der Waals surface area contributed by atoms with Gasteiger partial charge in [0.25, 0.3) is 5.91 Å². The maximum Gasteiger partial charge on any atom is 0.262 e. The van der Waals surface area contributed by atoms with Gasteiger partial charge in [-0.25, -0.2) is 0 Å². The molecule has 152 valence electrons. The second-order valence-corrected chi connectivity index (χ2v) is 7.79. The number of amides is 1. The number of benzene rings is 3. The maximum atomic E-state index is 13.5. The Morgan fingerprint density at radius 3 is 2.27 bits per heavy atom. The Labute approximate surface area is 176 Å². The number of hydrogen-bond donors (Lipinski definition) is 1. The Kier molecular flexibility index (Phi) is 4.89. The van der Waals surface area contributed by atoms with Gasteiger partial charge in [0.05, 0.1) is 18.8 Å². The van der Waals surface area contributed by atoms with E-state index in [1.54, 1.807) is 0 Å². The van der Waals surface area contributed by atoms with E-state index in [4.69, 9.17) is 4.74 Å². The van der Waals surface area contributed by atoms with Crippen molar-refractivity contribution in [2.45, 2.75) is 13.1 Å². The molecule has 0 radical (unpaired) electrons. The summed E-state index contributed by atoms with van der Waals surface area (Å²) < 4.78 is 5.46. The number of nitrogens with one attached hydrogen (secondary N) is 1. The monoisotopic (exact) mass is 399 g/mol. The van der Waals surface area contributed by atoms with Crippen LogP contribution in [0.4, 0.5) is 17.1 Å². The first-order valence-electron chi connectivity index (χ1n) is 10.4. The predicted octanol–water partition coefficient (Wildman–Crippen LogP) is 4.60. The van der Waals surface area contributed by atoms with E-state index in [0.29, 0.717) is 5.56 Å². The molecule has 0 aromatic heterocycles. The molecule has 5 rings (SSSR count). The van der Waals surface area contributed by atoms with Crippen molar-refractivity contribution in [3.05, 3.63) is 89.5 Å². The molecule has 1 amide bonds. The molecular weight excluding hydrogens is 374 g/mol. The molecule has 2 aliphatic heterocycles. The Morgan fingerprint density at radius 2 is 1.53 bits per heavy atom. The lowest BCUT2D eigenvalue weighted by Gasteiger charge is -2.38. The van der Waals surface area contributed by atoms with Crippen molar-refractivity contribution in [3.63, 3.8) is 0 Å². The lowest BCUT2D eigenvalue weighted by Crippen LogP contribution is -2.43. The number of hydrogen-bond acceptors (Lipinski definition) is 4. The van der Waals surface area contributed by atoms with Gasteiger partial charge >= 0.3 is 0 Å². The minimum absolute atomic E-state index is 0.00968. The zero-order chi connectivity index (χ0) is 20.5. The highest BCUT2D eigenvalue weighted by atomic mass is 16.5. The van der Waals surface area contributed by atoms with Crippen LogP contribution in [0.3, 0.4) is 0 Å². The second kappa shape index (κ2) is 7.84. The number of carbonyl (C=O) groups is 1. The maximum absolute atomic E-state index is 13.5. The van der Waals surface area contributed by atoms with Crippen LogP contribution in [0.15, 0.2) is 72.8 Å². The molecule has 0 bridgehead atoms. The van der Waals surface area contributed by atoms with Crippen LogP contribution >= 0.6 is 0 Å². The van der Waals surface area contributed by atoms with Crippen molar-refractivity contribution in [3.8, 4) is 0 Å². The Hall–Kier alpha value is -3.31. The molecule has 0 spiro atoms. The summed E-state index contributed by atoms with van der Waals surface area (Å²) in [4.78, 5) is 17.6. The van der Waals surface area contributed by atoms with Gasteiger partial charge in [-0.15, -0.1) is 0 Å². The fourth-order valence-corrected chi connectivity index (χ4v) is 4.15. The van der Waals surface area contributed by atoms with Crippen LogP contribution in [-0.2, 0) is 4.74 Å². The molecule has 0 unspecified atom stereocenters. The topological polar surface area (TPSA) is 44.8 Å². The van der Waals surface area contributed by atoms with E-state index in [1.165, 1.54) is 11.3 Å². The smallest absolute Gasteiger partial charge is 0.262 e. The highest BCUT2D eigenvalue weighted by Crippen LogP contribution is 2.37. The van der Waals surface area contributed by atoms with E-state index in [-0.39, 0.29) is 12.1 Å². The van der Waals surface area contributed by atoms with Crippen LogP contribution in [0.2, 0.25) is 0 Å². The van der Waals surface area contributed by atoms with E-state index in [0.717, 1.165) is 43.2 Å². The number of anilines is 3. The average Bonchev–Trinajstić information content (AvgIpc) is 2.81. The summed E-state index contributed by atoms with van der Waals surface area (Å²) >= 11 is 0. The number of fused-ring (bicyclic) bond motifs is 1. The minimum Gasteiger partial charge on any atom is -0.378 e. The normalized spacial score (nSPS) is 18.7. The summed E-state index contributed by atoms with van der Waals surface area (Å²) in [6, 6.07) is 24.3. The molecule has 30 heavy (non-hydrogen) atoms. The van der Waals surface area contributed by atoms with Crippen molar-refractivity contribution >= 4 is 23.0 Å². The van der Waals surface area contributed by atoms with Crippen molar-refractivity contribution in [1.82, 2.24) is 0 Å². The summed E-state index contributed by atoms with van der Waals surface area (Å²) in [7, 11) is 0. The molecule has 3 aromatic rings. The van der Waals surface area contributed by atoms with Crippen LogP contribution in [0.5, 0.6) is 0 Å². The number of nitrogens with zero attached hydrogens (tertiary/aromatic N) is 2. The molecular formula is C25H25N3O2. The Morgan fingerprint density at radius 1 is 0.867 bits per heavy atom. The van der Waals surface area contributed by atoms with Gasteiger partial charge in [0.2, 0.25) is 0 Å². The molecule has 1 fully saturated rings. The molecule has 5 heteroatoms. The first kappa shape index (κ1) is 18.7. The summed E-state index contributed by atoms with van der Waals surface area (Å²) in [5.74, 6) is 0.00968. The third-order valence-corrected chi connectivity index (χ3v) is 5.82. The minimum atomic E-state index is -0.270. The predicted molar refractivity (Wildman–Crippen MR) is 120 cm³/mol. The van der Waals surface area contributed by atoms with Crippen LogP contribution in [0.25, 0.3) is 0 Å². The summed E-state index contributed by atoms with van der Waals surface area (Å²) in [6.07, 6.45) is -0.270. The van der Waals surface area contributed by atoms with E-state index >= 15 is 0 Å². The lowest BCUT2D eigenvalue weighted by molar-refractivity contribution is 0.0975. The van der Waals surface area contributed by atoms with Gasteiger partial charge in [-0.2, -0.15) is 0 Å². The lowest BCUT2D eigenvalue weighted by atomic mass is 10.0. The third-order valence-electron chi connectivity index (χ3n) is 5.82. The molecule has 3 aromatic carbocycles. The molecule has 1 N–H and O–H groups in total. The van der Waals surface area contributed by atoms with Crippen LogP contribution < -0.4 is 15.1 Å². The molecule has 5 nitrogen and oxygen atoms in total. The fraction of sp³-hybridized carbons (Fsp3) is 0.240. The molecule has 2 heterocycles. The van der Waals surface area contributed by atoms with Crippen molar-refractivity contribution in [2.24, 2.45) is 0 Å². The molecule has 0 aliphatic carbocycles. The zero-order valence-corrected chi connectivity index (χ0v) is 17.0. The van der Waals surface area contributed by atoms with Gasteiger partial charge in [-0.1, -0.05) is 42.0 Å². The van der Waals surface area contributed by atoms with E-state index in [1.807, 2.05) is 53.4 Å². The Bertz CT molecular complexity index is 1040. The van der Waals surface area contributed by atoms with Gasteiger partial charge in [0, 0.05) is 30.2 Å². The first-order valence-corrected chi connectivity index (χ1v) is 10.4. The number of rotatable bonds is 3. The molecule has 1 atom stereocenters. The largest absolute Gasteiger partial charge is 0.378 e. The van der Waals surface area contributed by atoms with Crippen LogP contribution in [0, 0.1) is 6.92 Å². The van der Waals surface area contributed by atoms with Gasteiger partial charge in [-0.05, 0) is 48.9 Å². The summed E-state index contributed by atoms with van der Waals surface area (Å²) in [6.45, 7) is 5.39. The van der Waals surface area contributed by atoms with Gasteiger partial charge in [0.15, 0.2) is 0 Å². The van der Waals surface area contributed by atoms with Gasteiger partial charge < -0.3 is 15.0 Å². The van der Waals surface area contributed by atoms with Gasteiger partial charge in [-0.3, -0.25) is 9.69 Å². The number of morpholine rings is 1. The summed E-state index contributed by atoms with van der Waals surface area (Å²) in [5.41, 5.74) is 5.85. The van der Waals surface area contributed by atoms with E-state index in [2.05, 4.69) is 41.4 Å². The second-order valence-electron chi connectivity index (χ2n) is 7.79. The highest BCUT2D eigenvalue weighted by Gasteiger charge is 2.34. The van der Waals surface area contributed by atoms with Crippen molar-refractivity contribution in [2.75, 3.05) is 41.4 Å². The zero-order valence-electron chi connectivity index (χ0n) is 17.0. The standard InChI is InChI=1S/C25H25N3O2/c1-18-6-10-21(11-7-18)28-24(26-23-5-3-2-4-22(23)25(28)29)19-8-12-20(13-9-19)27-14-16-30-17-15-27/h2-13,24,26H,14-17H2,1H3/t24-/m1/s1. The van der Waals surface area contributed by atoms with Crippen LogP contribution in [-0.4, -0.2) is 32.2 Å². The Balaban J connectivity index is 1.52. The molecule has 2 aliphatic rings.